The molecule has 2 aliphatic rings. The molecule has 1 saturated heterocycles. The maximum atomic E-state index is 6.26. The van der Waals surface area contributed by atoms with Gasteiger partial charge in [-0.15, -0.1) is 0 Å². The molecule has 0 saturated carbocycles. The van der Waals surface area contributed by atoms with Crippen LogP contribution in [-0.2, 0) is 20.8 Å². The Balaban J connectivity index is 1.42. The van der Waals surface area contributed by atoms with Crippen LogP contribution in [0.2, 0.25) is 0 Å². The van der Waals surface area contributed by atoms with E-state index in [-0.39, 0.29) is 18.2 Å². The summed E-state index contributed by atoms with van der Waals surface area (Å²) in [6.45, 7) is 4.93. The second kappa shape index (κ2) is 6.95. The molecule has 1 aliphatic carbocycles. The van der Waals surface area contributed by atoms with Gasteiger partial charge in [-0.3, -0.25) is 0 Å². The number of pyridine rings is 1. The van der Waals surface area contributed by atoms with E-state index in [1.165, 1.54) is 0 Å². The molecule has 2 N–H and O–H groups in total. The van der Waals surface area contributed by atoms with Crippen molar-refractivity contribution in [3.63, 3.8) is 0 Å². The van der Waals surface area contributed by atoms with Gasteiger partial charge in [0.1, 0.15) is 17.7 Å². The van der Waals surface area contributed by atoms with E-state index in [2.05, 4.69) is 32.7 Å². The van der Waals surface area contributed by atoms with E-state index in [9.17, 15) is 0 Å². The Hall–Kier alpha value is -2.74. The molecular weight excluding hydrogens is 368 g/mol. The zero-order chi connectivity index (χ0) is 20.0. The predicted molar refractivity (Wildman–Crippen MR) is 109 cm³/mol. The Morgan fingerprint density at radius 1 is 1.10 bits per heavy atom. The number of benzene rings is 1. The van der Waals surface area contributed by atoms with Gasteiger partial charge in [-0.05, 0) is 31.1 Å². The lowest BCUT2D eigenvalue weighted by molar-refractivity contribution is -0.148. The van der Waals surface area contributed by atoms with E-state index in [1.54, 1.807) is 12.5 Å². The van der Waals surface area contributed by atoms with Gasteiger partial charge in [-0.25, -0.2) is 9.97 Å². The molecular formula is C22H24N4O3. The number of ether oxygens (including phenoxy) is 3. The quantitative estimate of drug-likeness (QED) is 0.671. The van der Waals surface area contributed by atoms with Crippen LogP contribution in [0.3, 0.4) is 0 Å². The number of rotatable bonds is 5. The lowest BCUT2D eigenvalue weighted by Crippen LogP contribution is -2.28. The van der Waals surface area contributed by atoms with Crippen LogP contribution in [0.15, 0.2) is 60.6 Å². The zero-order valence-corrected chi connectivity index (χ0v) is 16.5. The number of nitrogen functional groups attached to an aromatic ring is 1. The summed E-state index contributed by atoms with van der Waals surface area (Å²) in [5.41, 5.74) is 9.85. The van der Waals surface area contributed by atoms with Crippen LogP contribution >= 0.6 is 0 Å². The van der Waals surface area contributed by atoms with E-state index < -0.39 is 5.79 Å². The summed E-state index contributed by atoms with van der Waals surface area (Å²) in [6.07, 6.45) is 5.37. The van der Waals surface area contributed by atoms with Crippen LogP contribution in [-0.4, -0.2) is 39.1 Å². The van der Waals surface area contributed by atoms with Gasteiger partial charge in [0.05, 0.1) is 31.1 Å². The first kappa shape index (κ1) is 18.3. The Kier molecular flexibility index (Phi) is 4.38. The summed E-state index contributed by atoms with van der Waals surface area (Å²) in [4.78, 5) is 8.59. The SMILES string of the molecule is CC1(C)OC2C(COCc3ccccc3)=C[C@@H](n3cnc4c(N)nccc43)C2O1. The van der Waals surface area contributed by atoms with Crippen molar-refractivity contribution in [1.29, 1.82) is 0 Å². The minimum absolute atomic E-state index is 0.0519. The van der Waals surface area contributed by atoms with Crippen molar-refractivity contribution in [2.45, 2.75) is 44.5 Å². The first-order valence-electron chi connectivity index (χ1n) is 9.77. The van der Waals surface area contributed by atoms with Gasteiger partial charge in [0.2, 0.25) is 0 Å². The average molecular weight is 392 g/mol. The smallest absolute Gasteiger partial charge is 0.164 e. The number of fused-ring (bicyclic) bond motifs is 2. The molecule has 1 aliphatic heterocycles. The molecule has 0 bridgehead atoms. The third-order valence-corrected chi connectivity index (χ3v) is 5.44. The van der Waals surface area contributed by atoms with Gasteiger partial charge in [-0.1, -0.05) is 36.4 Å². The summed E-state index contributed by atoms with van der Waals surface area (Å²) in [5, 5.41) is 0. The number of nitrogens with two attached hydrogens (primary N) is 1. The number of nitrogens with zero attached hydrogens (tertiary/aromatic N) is 3. The summed E-state index contributed by atoms with van der Waals surface area (Å²) in [5.74, 6) is -0.223. The third kappa shape index (κ3) is 3.31. The summed E-state index contributed by atoms with van der Waals surface area (Å²) < 4.78 is 20.5. The fourth-order valence-electron chi connectivity index (χ4n) is 4.18. The average Bonchev–Trinajstić information content (AvgIpc) is 3.35. The lowest BCUT2D eigenvalue weighted by atomic mass is 10.1. The van der Waals surface area contributed by atoms with Crippen LogP contribution < -0.4 is 5.73 Å². The van der Waals surface area contributed by atoms with Crippen LogP contribution in [0.1, 0.15) is 25.5 Å². The van der Waals surface area contributed by atoms with E-state index in [4.69, 9.17) is 19.9 Å². The van der Waals surface area contributed by atoms with E-state index in [0.29, 0.717) is 24.5 Å². The molecule has 29 heavy (non-hydrogen) atoms. The second-order valence-electron chi connectivity index (χ2n) is 7.95. The minimum Gasteiger partial charge on any atom is -0.382 e. The van der Waals surface area contributed by atoms with Crippen LogP contribution in [0.4, 0.5) is 5.82 Å². The third-order valence-electron chi connectivity index (χ3n) is 5.44. The molecule has 3 heterocycles. The normalized spacial score (nSPS) is 25.3. The van der Waals surface area contributed by atoms with Gasteiger partial charge in [-0.2, -0.15) is 0 Å². The van der Waals surface area contributed by atoms with Gasteiger partial charge in [0.25, 0.3) is 0 Å². The van der Waals surface area contributed by atoms with Crippen LogP contribution in [0, 0.1) is 0 Å². The van der Waals surface area contributed by atoms with Crippen LogP contribution in [0.25, 0.3) is 11.0 Å². The highest BCUT2D eigenvalue weighted by molar-refractivity contribution is 5.84. The Morgan fingerprint density at radius 3 is 2.76 bits per heavy atom. The van der Waals surface area contributed by atoms with Gasteiger partial charge >= 0.3 is 0 Å². The van der Waals surface area contributed by atoms with E-state index in [1.807, 2.05) is 38.1 Å². The number of aromatic nitrogens is 3. The van der Waals surface area contributed by atoms with Gasteiger partial charge < -0.3 is 24.5 Å². The lowest BCUT2D eigenvalue weighted by Gasteiger charge is -2.22. The number of imidazole rings is 1. The van der Waals surface area contributed by atoms with Crippen molar-refractivity contribution in [1.82, 2.24) is 14.5 Å². The minimum atomic E-state index is -0.649. The molecule has 150 valence electrons. The van der Waals surface area contributed by atoms with Crippen molar-refractivity contribution in [2.24, 2.45) is 0 Å². The molecule has 0 amide bonds. The van der Waals surface area contributed by atoms with E-state index >= 15 is 0 Å². The highest BCUT2D eigenvalue weighted by atomic mass is 16.8. The Bertz CT molecular complexity index is 1060. The van der Waals surface area contributed by atoms with Gasteiger partial charge in [0, 0.05) is 6.20 Å². The summed E-state index contributed by atoms with van der Waals surface area (Å²) in [7, 11) is 0. The van der Waals surface area contributed by atoms with Crippen LogP contribution in [0.5, 0.6) is 0 Å². The molecule has 2 unspecified atom stereocenters. The standard InChI is InChI=1S/C22H24N4O3/c1-22(2)28-19-15(12-27-11-14-6-4-3-5-7-14)10-17(20(19)29-22)26-13-25-18-16(26)8-9-24-21(18)23/h3-10,13,17,19-20H,11-12H2,1-2H3,(H2,23,24)/t17-,19?,20?/m1/s1. The second-order valence-corrected chi connectivity index (χ2v) is 7.95. The first-order valence-corrected chi connectivity index (χ1v) is 9.77. The first-order chi connectivity index (χ1) is 14.0. The Labute approximate surface area is 169 Å². The molecule has 0 spiro atoms. The topological polar surface area (TPSA) is 84.4 Å². The molecule has 5 rings (SSSR count). The van der Waals surface area contributed by atoms with Gasteiger partial charge in [0.15, 0.2) is 11.6 Å². The van der Waals surface area contributed by atoms with Crippen molar-refractivity contribution in [2.75, 3.05) is 12.3 Å². The number of hydrogen-bond acceptors (Lipinski definition) is 6. The molecule has 7 nitrogen and oxygen atoms in total. The fraction of sp³-hybridized carbons (Fsp3) is 0.364. The highest BCUT2D eigenvalue weighted by Crippen LogP contribution is 2.44. The Morgan fingerprint density at radius 2 is 1.93 bits per heavy atom. The molecule has 1 aromatic carbocycles. The molecule has 1 fully saturated rings. The van der Waals surface area contributed by atoms with Crippen molar-refractivity contribution >= 4 is 16.9 Å². The maximum absolute atomic E-state index is 6.26. The fourth-order valence-corrected chi connectivity index (χ4v) is 4.18. The van der Waals surface area contributed by atoms with E-state index in [0.717, 1.165) is 16.7 Å². The summed E-state index contributed by atoms with van der Waals surface area (Å²) in [6, 6.07) is 12.0. The monoisotopic (exact) mass is 392 g/mol. The maximum Gasteiger partial charge on any atom is 0.164 e. The molecule has 2 aromatic heterocycles. The van der Waals surface area contributed by atoms with Crippen molar-refractivity contribution < 1.29 is 14.2 Å². The molecule has 0 radical (unpaired) electrons. The molecule has 7 heteroatoms. The van der Waals surface area contributed by atoms with Crippen molar-refractivity contribution in [3.05, 3.63) is 66.1 Å². The predicted octanol–water partition coefficient (Wildman–Crippen LogP) is 3.23. The zero-order valence-electron chi connectivity index (χ0n) is 16.5. The number of anilines is 1. The highest BCUT2D eigenvalue weighted by Gasteiger charge is 2.50. The van der Waals surface area contributed by atoms with Crippen molar-refractivity contribution in [3.8, 4) is 0 Å². The largest absolute Gasteiger partial charge is 0.382 e. The summed E-state index contributed by atoms with van der Waals surface area (Å²) >= 11 is 0. The number of hydrogen-bond donors (Lipinski definition) is 1. The molecule has 3 aromatic rings. The molecule has 3 atom stereocenters.